The van der Waals surface area contributed by atoms with Crippen molar-refractivity contribution in [3.8, 4) is 0 Å². The van der Waals surface area contributed by atoms with E-state index in [2.05, 4.69) is 23.9 Å². The highest BCUT2D eigenvalue weighted by molar-refractivity contribution is 7.92. The van der Waals surface area contributed by atoms with Crippen LogP contribution in [0.5, 0.6) is 0 Å². The van der Waals surface area contributed by atoms with Gasteiger partial charge in [-0.25, -0.2) is 8.42 Å². The molecule has 0 aliphatic heterocycles. The molecule has 0 aliphatic rings. The van der Waals surface area contributed by atoms with Gasteiger partial charge in [-0.1, -0.05) is 55.8 Å². The number of aryl methyl sites for hydroxylation is 3. The average Bonchev–Trinajstić information content (AvgIpc) is 2.72. The van der Waals surface area contributed by atoms with Gasteiger partial charge in [0, 0.05) is 11.3 Å². The molecule has 32 heavy (non-hydrogen) atoms. The molecule has 0 unspecified atom stereocenters. The van der Waals surface area contributed by atoms with Crippen LogP contribution in [0.1, 0.15) is 52.4 Å². The average molecular weight is 471 g/mol. The first-order chi connectivity index (χ1) is 15.0. The molecule has 5 nitrogen and oxygen atoms in total. The summed E-state index contributed by atoms with van der Waals surface area (Å²) in [5.41, 5.74) is 5.06. The number of carbonyl (C=O) groups is 1. The lowest BCUT2D eigenvalue weighted by molar-refractivity contribution is 0.102. The largest absolute Gasteiger partial charge is 0.321 e. The van der Waals surface area contributed by atoms with Crippen molar-refractivity contribution in [1.82, 2.24) is 0 Å². The first-order valence-electron chi connectivity index (χ1n) is 10.3. The Balaban J connectivity index is 1.95. The van der Waals surface area contributed by atoms with Gasteiger partial charge in [-0.3, -0.25) is 9.52 Å². The zero-order chi connectivity index (χ0) is 23.6. The molecular formula is C25H27ClN2O3S. The second kappa shape index (κ2) is 9.35. The fourth-order valence-corrected chi connectivity index (χ4v) is 5.07. The molecule has 0 spiro atoms. The van der Waals surface area contributed by atoms with Crippen molar-refractivity contribution in [1.29, 1.82) is 0 Å². The van der Waals surface area contributed by atoms with Crippen LogP contribution in [0.4, 0.5) is 11.4 Å². The van der Waals surface area contributed by atoms with Gasteiger partial charge < -0.3 is 5.32 Å². The summed E-state index contributed by atoms with van der Waals surface area (Å²) in [5, 5.41) is 2.98. The third-order valence-corrected chi connectivity index (χ3v) is 7.13. The van der Waals surface area contributed by atoms with Gasteiger partial charge in [-0.05, 0) is 73.2 Å². The van der Waals surface area contributed by atoms with Crippen molar-refractivity contribution in [2.45, 2.75) is 45.4 Å². The van der Waals surface area contributed by atoms with E-state index in [1.165, 1.54) is 18.2 Å². The standard InChI is InChI=1S/C25H27ClN2O3S/c1-15(2)20-8-6-7-18(5)24(20)27-25(29)19-11-12-21(26)23(14-19)32(30,31)28-22-13-16(3)9-10-17(22)4/h6-15,28H,1-5H3,(H,27,29). The molecule has 0 fully saturated rings. The summed E-state index contributed by atoms with van der Waals surface area (Å²) in [5.74, 6) is -0.186. The third-order valence-electron chi connectivity index (χ3n) is 5.29. The predicted molar refractivity (Wildman–Crippen MR) is 131 cm³/mol. The first-order valence-corrected chi connectivity index (χ1v) is 12.2. The minimum Gasteiger partial charge on any atom is -0.321 e. The molecule has 0 heterocycles. The van der Waals surface area contributed by atoms with E-state index in [9.17, 15) is 13.2 Å². The SMILES string of the molecule is Cc1ccc(C)c(NS(=O)(=O)c2cc(C(=O)Nc3c(C)cccc3C(C)C)ccc2Cl)c1. The normalized spacial score (nSPS) is 11.5. The molecule has 1 amide bonds. The Morgan fingerprint density at radius 2 is 1.66 bits per heavy atom. The maximum absolute atomic E-state index is 13.1. The summed E-state index contributed by atoms with van der Waals surface area (Å²) >= 11 is 6.22. The van der Waals surface area contributed by atoms with Crippen molar-refractivity contribution in [3.63, 3.8) is 0 Å². The molecule has 0 radical (unpaired) electrons. The summed E-state index contributed by atoms with van der Waals surface area (Å²) in [7, 11) is -4.00. The zero-order valence-corrected chi connectivity index (χ0v) is 20.4. The van der Waals surface area contributed by atoms with E-state index in [4.69, 9.17) is 11.6 Å². The molecule has 7 heteroatoms. The molecule has 0 aliphatic carbocycles. The molecule has 2 N–H and O–H groups in total. The number of halogens is 1. The van der Waals surface area contributed by atoms with Gasteiger partial charge in [-0.2, -0.15) is 0 Å². The van der Waals surface area contributed by atoms with Crippen molar-refractivity contribution < 1.29 is 13.2 Å². The van der Waals surface area contributed by atoms with Crippen molar-refractivity contribution in [3.05, 3.63) is 87.4 Å². The van der Waals surface area contributed by atoms with Gasteiger partial charge in [-0.15, -0.1) is 0 Å². The summed E-state index contributed by atoms with van der Waals surface area (Å²) in [6.07, 6.45) is 0. The first kappa shape index (κ1) is 23.8. The van der Waals surface area contributed by atoms with Gasteiger partial charge in [0.2, 0.25) is 0 Å². The highest BCUT2D eigenvalue weighted by Gasteiger charge is 2.22. The zero-order valence-electron chi connectivity index (χ0n) is 18.8. The Kier molecular flexibility index (Phi) is 6.96. The molecule has 168 valence electrons. The Morgan fingerprint density at radius 1 is 0.938 bits per heavy atom. The molecular weight excluding hydrogens is 444 g/mol. The number of hydrogen-bond acceptors (Lipinski definition) is 3. The van der Waals surface area contributed by atoms with Crippen LogP contribution in [0, 0.1) is 20.8 Å². The number of nitrogens with one attached hydrogen (secondary N) is 2. The minimum absolute atomic E-state index is 0.0399. The second-order valence-electron chi connectivity index (χ2n) is 8.22. The molecule has 0 saturated heterocycles. The number of para-hydroxylation sites is 1. The predicted octanol–water partition coefficient (Wildman–Crippen LogP) is 6.44. The number of amides is 1. The summed E-state index contributed by atoms with van der Waals surface area (Å²) in [4.78, 5) is 12.9. The van der Waals surface area contributed by atoms with E-state index in [1.54, 1.807) is 6.07 Å². The van der Waals surface area contributed by atoms with Crippen LogP contribution in [-0.2, 0) is 10.0 Å². The van der Waals surface area contributed by atoms with Gasteiger partial charge >= 0.3 is 0 Å². The summed E-state index contributed by atoms with van der Waals surface area (Å²) < 4.78 is 28.8. The fraction of sp³-hybridized carbons (Fsp3) is 0.240. The molecule has 0 aromatic heterocycles. The Hall–Kier alpha value is -2.83. The number of anilines is 2. The number of hydrogen-bond donors (Lipinski definition) is 2. The number of carbonyl (C=O) groups excluding carboxylic acids is 1. The maximum Gasteiger partial charge on any atom is 0.263 e. The van der Waals surface area contributed by atoms with Crippen LogP contribution in [0.3, 0.4) is 0 Å². The lowest BCUT2D eigenvalue weighted by Crippen LogP contribution is -2.18. The van der Waals surface area contributed by atoms with Gasteiger partial charge in [0.05, 0.1) is 10.7 Å². The van der Waals surface area contributed by atoms with E-state index in [1.807, 2.05) is 51.1 Å². The molecule has 0 saturated carbocycles. The molecule has 0 bridgehead atoms. The lowest BCUT2D eigenvalue weighted by atomic mass is 9.98. The van der Waals surface area contributed by atoms with Crippen LogP contribution in [0.2, 0.25) is 5.02 Å². The van der Waals surface area contributed by atoms with E-state index in [0.717, 1.165) is 27.9 Å². The highest BCUT2D eigenvalue weighted by atomic mass is 35.5. The monoisotopic (exact) mass is 470 g/mol. The number of rotatable bonds is 6. The highest BCUT2D eigenvalue weighted by Crippen LogP contribution is 2.30. The molecule has 3 aromatic rings. The van der Waals surface area contributed by atoms with Crippen LogP contribution >= 0.6 is 11.6 Å². The quantitative estimate of drug-likeness (QED) is 0.435. The van der Waals surface area contributed by atoms with Crippen molar-refractivity contribution in [2.75, 3.05) is 10.0 Å². The molecule has 3 rings (SSSR count). The van der Waals surface area contributed by atoms with E-state index in [-0.39, 0.29) is 21.4 Å². The van der Waals surface area contributed by atoms with E-state index in [0.29, 0.717) is 5.69 Å². The summed E-state index contributed by atoms with van der Waals surface area (Å²) in [6, 6.07) is 15.6. The topological polar surface area (TPSA) is 75.3 Å². The Bertz CT molecular complexity index is 1280. The number of sulfonamides is 1. The smallest absolute Gasteiger partial charge is 0.263 e. The Labute approximate surface area is 194 Å². The fourth-order valence-electron chi connectivity index (χ4n) is 3.42. The molecule has 3 aromatic carbocycles. The van der Waals surface area contributed by atoms with Gasteiger partial charge in [0.25, 0.3) is 15.9 Å². The van der Waals surface area contributed by atoms with Crippen LogP contribution < -0.4 is 10.0 Å². The molecule has 0 atom stereocenters. The number of benzene rings is 3. The van der Waals surface area contributed by atoms with Crippen LogP contribution in [0.25, 0.3) is 0 Å². The Morgan fingerprint density at radius 3 is 2.34 bits per heavy atom. The van der Waals surface area contributed by atoms with Crippen molar-refractivity contribution in [2.24, 2.45) is 0 Å². The minimum atomic E-state index is -4.00. The van der Waals surface area contributed by atoms with Crippen LogP contribution in [-0.4, -0.2) is 14.3 Å². The van der Waals surface area contributed by atoms with Gasteiger partial charge in [0.1, 0.15) is 4.90 Å². The maximum atomic E-state index is 13.1. The van der Waals surface area contributed by atoms with E-state index < -0.39 is 15.9 Å². The van der Waals surface area contributed by atoms with Crippen LogP contribution in [0.15, 0.2) is 59.5 Å². The third kappa shape index (κ3) is 5.14. The summed E-state index contributed by atoms with van der Waals surface area (Å²) in [6.45, 7) is 9.73. The van der Waals surface area contributed by atoms with E-state index >= 15 is 0 Å². The van der Waals surface area contributed by atoms with Crippen molar-refractivity contribution >= 4 is 38.9 Å². The lowest BCUT2D eigenvalue weighted by Gasteiger charge is -2.17. The van der Waals surface area contributed by atoms with Gasteiger partial charge in [0.15, 0.2) is 0 Å². The second-order valence-corrected chi connectivity index (χ2v) is 10.3.